The van der Waals surface area contributed by atoms with Gasteiger partial charge >= 0.3 is 0 Å². The van der Waals surface area contributed by atoms with E-state index in [2.05, 4.69) is 27.7 Å². The molecule has 0 bridgehead atoms. The molecule has 3 atom stereocenters. The van der Waals surface area contributed by atoms with Gasteiger partial charge in [-0.15, -0.1) is 0 Å². The maximum absolute atomic E-state index is 11.6. The Labute approximate surface area is 79.7 Å². The molecular formula is C11H18O2. The maximum Gasteiger partial charge on any atom is 0.164 e. The van der Waals surface area contributed by atoms with Crippen LogP contribution in [0.2, 0.25) is 0 Å². The second-order valence-corrected chi connectivity index (χ2v) is 5.75. The topological polar surface area (TPSA) is 29.6 Å². The number of carbonyl (C=O) groups excluding carboxylic acids is 1. The quantitative estimate of drug-likeness (QED) is 0.537. The molecule has 0 aromatic carbocycles. The van der Waals surface area contributed by atoms with Crippen molar-refractivity contribution in [3.05, 3.63) is 0 Å². The molecule has 1 heterocycles. The van der Waals surface area contributed by atoms with E-state index < -0.39 is 0 Å². The molecule has 2 fully saturated rings. The van der Waals surface area contributed by atoms with Gasteiger partial charge in [0.1, 0.15) is 11.7 Å². The summed E-state index contributed by atoms with van der Waals surface area (Å²) in [5, 5.41) is 0. The average Bonchev–Trinajstić information content (AvgIpc) is 2.59. The third-order valence-corrected chi connectivity index (χ3v) is 3.50. The van der Waals surface area contributed by atoms with Gasteiger partial charge in [0.25, 0.3) is 0 Å². The molecule has 1 aliphatic carbocycles. The van der Waals surface area contributed by atoms with Gasteiger partial charge in [-0.1, -0.05) is 20.8 Å². The summed E-state index contributed by atoms with van der Waals surface area (Å²) in [5.74, 6) is 0.803. The lowest BCUT2D eigenvalue weighted by Crippen LogP contribution is -2.35. The fourth-order valence-corrected chi connectivity index (χ4v) is 2.32. The SMILES string of the molecule is CC(C)(C)[C@H]1CC(=O)[C@@H]2O[C@]2(C)C1. The number of hydrogen-bond donors (Lipinski definition) is 0. The minimum absolute atomic E-state index is 0.0638. The fraction of sp³-hybridized carbons (Fsp3) is 0.909. The van der Waals surface area contributed by atoms with E-state index in [1.165, 1.54) is 0 Å². The van der Waals surface area contributed by atoms with Crippen LogP contribution in [0.1, 0.15) is 40.5 Å². The second kappa shape index (κ2) is 2.35. The van der Waals surface area contributed by atoms with E-state index in [1.807, 2.05) is 0 Å². The molecule has 0 N–H and O–H groups in total. The van der Waals surface area contributed by atoms with Gasteiger partial charge < -0.3 is 4.74 Å². The number of ketones is 1. The zero-order valence-corrected chi connectivity index (χ0v) is 8.89. The highest BCUT2D eigenvalue weighted by atomic mass is 16.6. The number of rotatable bonds is 0. The molecule has 2 heteroatoms. The highest BCUT2D eigenvalue weighted by molar-refractivity contribution is 5.88. The number of epoxide rings is 1. The van der Waals surface area contributed by atoms with E-state index in [-0.39, 0.29) is 17.1 Å². The van der Waals surface area contributed by atoms with E-state index in [4.69, 9.17) is 4.74 Å². The Morgan fingerprint density at radius 2 is 2.08 bits per heavy atom. The minimum Gasteiger partial charge on any atom is -0.358 e. The monoisotopic (exact) mass is 182 g/mol. The van der Waals surface area contributed by atoms with Gasteiger partial charge in [-0.25, -0.2) is 0 Å². The van der Waals surface area contributed by atoms with Crippen molar-refractivity contribution in [2.75, 3.05) is 0 Å². The number of fused-ring (bicyclic) bond motifs is 1. The summed E-state index contributed by atoms with van der Waals surface area (Å²) in [6, 6.07) is 0. The van der Waals surface area contributed by atoms with Gasteiger partial charge in [-0.3, -0.25) is 4.79 Å². The normalized spacial score (nSPS) is 44.5. The highest BCUT2D eigenvalue weighted by Crippen LogP contribution is 2.51. The molecule has 2 aliphatic rings. The van der Waals surface area contributed by atoms with Gasteiger partial charge in [0, 0.05) is 6.42 Å². The number of carbonyl (C=O) groups is 1. The number of ether oxygens (including phenoxy) is 1. The highest BCUT2D eigenvalue weighted by Gasteiger charge is 2.61. The molecule has 1 saturated heterocycles. The Morgan fingerprint density at radius 1 is 1.46 bits per heavy atom. The maximum atomic E-state index is 11.6. The van der Waals surface area contributed by atoms with Crippen LogP contribution in [0.25, 0.3) is 0 Å². The molecule has 13 heavy (non-hydrogen) atoms. The molecule has 1 saturated carbocycles. The van der Waals surface area contributed by atoms with Crippen molar-refractivity contribution in [1.29, 1.82) is 0 Å². The van der Waals surface area contributed by atoms with E-state index in [0.29, 0.717) is 18.1 Å². The molecule has 0 aromatic heterocycles. The van der Waals surface area contributed by atoms with Crippen LogP contribution in [-0.2, 0) is 9.53 Å². The first-order valence-corrected chi connectivity index (χ1v) is 5.03. The van der Waals surface area contributed by atoms with Crippen LogP contribution >= 0.6 is 0 Å². The van der Waals surface area contributed by atoms with Crippen LogP contribution in [0.3, 0.4) is 0 Å². The Hall–Kier alpha value is -0.370. The van der Waals surface area contributed by atoms with Crippen molar-refractivity contribution in [2.45, 2.75) is 52.2 Å². The Morgan fingerprint density at radius 3 is 2.54 bits per heavy atom. The van der Waals surface area contributed by atoms with Gasteiger partial charge in [0.05, 0.1) is 0 Å². The Kier molecular flexibility index (Phi) is 1.66. The third-order valence-electron chi connectivity index (χ3n) is 3.50. The van der Waals surface area contributed by atoms with Gasteiger partial charge in [-0.2, -0.15) is 0 Å². The molecule has 0 radical (unpaired) electrons. The number of Topliss-reactive ketones (excluding diaryl/α,β-unsaturated/α-hetero) is 1. The number of hydrogen-bond acceptors (Lipinski definition) is 2. The molecule has 0 aromatic rings. The summed E-state index contributed by atoms with van der Waals surface area (Å²) in [4.78, 5) is 11.6. The third kappa shape index (κ3) is 1.41. The first-order chi connectivity index (χ1) is 5.83. The van der Waals surface area contributed by atoms with Gasteiger partial charge in [0.15, 0.2) is 5.78 Å². The smallest absolute Gasteiger partial charge is 0.164 e. The van der Waals surface area contributed by atoms with Crippen molar-refractivity contribution in [3.8, 4) is 0 Å². The van der Waals surface area contributed by atoms with Crippen LogP contribution in [0.15, 0.2) is 0 Å². The molecule has 0 unspecified atom stereocenters. The average molecular weight is 182 g/mol. The summed E-state index contributed by atoms with van der Waals surface area (Å²) < 4.78 is 5.45. The van der Waals surface area contributed by atoms with Crippen molar-refractivity contribution < 1.29 is 9.53 Å². The van der Waals surface area contributed by atoms with Crippen molar-refractivity contribution in [1.82, 2.24) is 0 Å². The lowest BCUT2D eigenvalue weighted by Gasteiger charge is -2.33. The predicted molar refractivity (Wildman–Crippen MR) is 50.5 cm³/mol. The Bertz CT molecular complexity index is 251. The van der Waals surface area contributed by atoms with Crippen molar-refractivity contribution in [2.24, 2.45) is 11.3 Å². The van der Waals surface area contributed by atoms with Crippen LogP contribution < -0.4 is 0 Å². The van der Waals surface area contributed by atoms with Gasteiger partial charge in [0.2, 0.25) is 0 Å². The summed E-state index contributed by atoms with van der Waals surface area (Å²) >= 11 is 0. The molecule has 1 aliphatic heterocycles. The zero-order valence-electron chi connectivity index (χ0n) is 8.89. The summed E-state index contributed by atoms with van der Waals surface area (Å²) in [7, 11) is 0. The first kappa shape index (κ1) is 9.20. The van der Waals surface area contributed by atoms with Crippen LogP contribution in [-0.4, -0.2) is 17.5 Å². The van der Waals surface area contributed by atoms with Gasteiger partial charge in [-0.05, 0) is 24.7 Å². The van der Waals surface area contributed by atoms with Crippen molar-refractivity contribution in [3.63, 3.8) is 0 Å². The van der Waals surface area contributed by atoms with E-state index in [0.717, 1.165) is 6.42 Å². The van der Waals surface area contributed by atoms with Crippen LogP contribution in [0, 0.1) is 11.3 Å². The molecule has 2 nitrogen and oxygen atoms in total. The van der Waals surface area contributed by atoms with E-state index in [1.54, 1.807) is 0 Å². The molecular weight excluding hydrogens is 164 g/mol. The standard InChI is InChI=1S/C11H18O2/c1-10(2,3)7-5-8(12)9-11(4,6-7)13-9/h7,9H,5-6H2,1-4H3/t7-,9-,11+/m0/s1. The largest absolute Gasteiger partial charge is 0.358 e. The summed E-state index contributed by atoms with van der Waals surface area (Å²) in [6.45, 7) is 8.68. The van der Waals surface area contributed by atoms with E-state index in [9.17, 15) is 4.79 Å². The minimum atomic E-state index is -0.104. The lowest BCUT2D eigenvalue weighted by atomic mass is 9.69. The molecule has 2 rings (SSSR count). The predicted octanol–water partition coefficient (Wildman–Crippen LogP) is 2.17. The zero-order chi connectivity index (χ0) is 9.85. The van der Waals surface area contributed by atoms with Crippen LogP contribution in [0.4, 0.5) is 0 Å². The second-order valence-electron chi connectivity index (χ2n) is 5.75. The first-order valence-electron chi connectivity index (χ1n) is 5.03. The van der Waals surface area contributed by atoms with Crippen LogP contribution in [0.5, 0.6) is 0 Å². The molecule has 0 amide bonds. The summed E-state index contributed by atoms with van der Waals surface area (Å²) in [6.07, 6.45) is 1.70. The molecule has 0 spiro atoms. The van der Waals surface area contributed by atoms with E-state index >= 15 is 0 Å². The van der Waals surface area contributed by atoms with Crippen molar-refractivity contribution >= 4 is 5.78 Å². The molecule has 74 valence electrons. The Balaban J connectivity index is 2.14. The summed E-state index contributed by atoms with van der Waals surface area (Å²) in [5.41, 5.74) is 0.128. The fourth-order valence-electron chi connectivity index (χ4n) is 2.32. The lowest BCUT2D eigenvalue weighted by molar-refractivity contribution is -0.122.